The average Bonchev–Trinajstić information content (AvgIpc) is 3.19. The normalized spacial score (nSPS) is 12.4. The topological polar surface area (TPSA) is 89.0 Å². The highest BCUT2D eigenvalue weighted by Crippen LogP contribution is 2.32. The molecule has 35 heavy (non-hydrogen) atoms. The molecule has 0 bridgehead atoms. The predicted molar refractivity (Wildman–Crippen MR) is 144 cm³/mol. The van der Waals surface area contributed by atoms with Crippen LogP contribution in [0.1, 0.15) is 18.1 Å². The minimum atomic E-state index is -3.42. The molecule has 0 saturated carbocycles. The summed E-state index contributed by atoms with van der Waals surface area (Å²) in [4.78, 5) is 9.89. The first-order valence-corrected chi connectivity index (χ1v) is 13.1. The highest BCUT2D eigenvalue weighted by molar-refractivity contribution is 7.92. The van der Waals surface area contributed by atoms with Crippen molar-refractivity contribution in [2.75, 3.05) is 37.2 Å². The molecular formula is C27H30N4O3S. The first kappa shape index (κ1) is 24.5. The van der Waals surface area contributed by atoms with E-state index in [0.717, 1.165) is 16.5 Å². The number of nitrogens with zero attached hydrogens (tertiary/aromatic N) is 3. The van der Waals surface area contributed by atoms with Crippen molar-refractivity contribution in [2.45, 2.75) is 6.92 Å². The fourth-order valence-electron chi connectivity index (χ4n) is 3.93. The van der Waals surface area contributed by atoms with Crippen LogP contribution in [0.4, 0.5) is 11.4 Å². The van der Waals surface area contributed by atoms with E-state index in [1.165, 1.54) is 4.31 Å². The van der Waals surface area contributed by atoms with Crippen LogP contribution < -0.4 is 4.31 Å². The van der Waals surface area contributed by atoms with Gasteiger partial charge in [-0.25, -0.2) is 13.4 Å². The van der Waals surface area contributed by atoms with E-state index in [-0.39, 0.29) is 11.6 Å². The Balaban J connectivity index is 1.78. The summed E-state index contributed by atoms with van der Waals surface area (Å²) in [5.74, 6) is 0.0764. The number of hydrogen-bond donors (Lipinski definition) is 2. The Morgan fingerprint density at radius 3 is 2.23 bits per heavy atom. The second-order valence-corrected chi connectivity index (χ2v) is 10.7. The van der Waals surface area contributed by atoms with Crippen molar-refractivity contribution in [3.8, 4) is 5.88 Å². The zero-order valence-corrected chi connectivity index (χ0v) is 21.0. The van der Waals surface area contributed by atoms with Crippen LogP contribution in [0.15, 0.2) is 83.9 Å². The number of benzene rings is 3. The number of rotatable bonds is 9. The lowest BCUT2D eigenvalue weighted by Gasteiger charge is -2.25. The van der Waals surface area contributed by atoms with Crippen molar-refractivity contribution in [1.82, 2.24) is 9.88 Å². The van der Waals surface area contributed by atoms with Crippen LogP contribution in [0.2, 0.25) is 0 Å². The van der Waals surface area contributed by atoms with E-state index < -0.39 is 10.0 Å². The van der Waals surface area contributed by atoms with Gasteiger partial charge in [0.15, 0.2) is 5.88 Å². The van der Waals surface area contributed by atoms with Crippen LogP contribution in [0, 0.1) is 0 Å². The van der Waals surface area contributed by atoms with Crippen LogP contribution in [0.25, 0.3) is 10.9 Å². The molecule has 7 nitrogen and oxygen atoms in total. The Morgan fingerprint density at radius 1 is 0.914 bits per heavy atom. The van der Waals surface area contributed by atoms with E-state index in [9.17, 15) is 13.5 Å². The molecule has 0 unspecified atom stereocenters. The molecule has 1 heterocycles. The summed E-state index contributed by atoms with van der Waals surface area (Å²) in [5.41, 5.74) is 4.18. The third-order valence-electron chi connectivity index (χ3n) is 5.80. The number of aromatic nitrogens is 1. The third kappa shape index (κ3) is 5.39. The first-order chi connectivity index (χ1) is 16.8. The monoisotopic (exact) mass is 490 g/mol. The molecule has 2 N–H and O–H groups in total. The van der Waals surface area contributed by atoms with Crippen LogP contribution in [-0.2, 0) is 10.0 Å². The number of aliphatic imine (C=N–C) groups is 1. The van der Waals surface area contributed by atoms with Gasteiger partial charge in [0.2, 0.25) is 10.0 Å². The number of sulfonamides is 1. The van der Waals surface area contributed by atoms with Crippen molar-refractivity contribution in [3.63, 3.8) is 0 Å². The predicted octanol–water partition coefficient (Wildman–Crippen LogP) is 4.76. The van der Waals surface area contributed by atoms with Gasteiger partial charge in [0.05, 0.1) is 28.4 Å². The Labute approximate surface area is 206 Å². The summed E-state index contributed by atoms with van der Waals surface area (Å²) >= 11 is 0. The van der Waals surface area contributed by atoms with Crippen molar-refractivity contribution < 1.29 is 13.5 Å². The lowest BCUT2D eigenvalue weighted by Crippen LogP contribution is -2.37. The lowest BCUT2D eigenvalue weighted by molar-refractivity contribution is 0.419. The van der Waals surface area contributed by atoms with Crippen molar-refractivity contribution in [3.05, 3.63) is 90.0 Å². The molecule has 0 aliphatic rings. The molecule has 0 aliphatic carbocycles. The van der Waals surface area contributed by atoms with Crippen LogP contribution in [0.3, 0.4) is 0 Å². The van der Waals surface area contributed by atoms with Gasteiger partial charge in [0.1, 0.15) is 0 Å². The molecule has 182 valence electrons. The number of anilines is 1. The Morgan fingerprint density at radius 2 is 1.57 bits per heavy atom. The Hall–Kier alpha value is -3.62. The van der Waals surface area contributed by atoms with Gasteiger partial charge in [-0.15, -0.1) is 0 Å². The van der Waals surface area contributed by atoms with Gasteiger partial charge >= 0.3 is 0 Å². The maximum atomic E-state index is 12.7. The highest BCUT2D eigenvalue weighted by atomic mass is 32.2. The molecule has 3 aromatic carbocycles. The molecule has 0 saturated heterocycles. The lowest BCUT2D eigenvalue weighted by atomic mass is 10.0. The fraction of sp³-hybridized carbons (Fsp3) is 0.222. The number of H-pyrrole nitrogens is 1. The van der Waals surface area contributed by atoms with E-state index in [1.807, 2.05) is 73.6 Å². The smallest absolute Gasteiger partial charge is 0.234 e. The molecule has 0 fully saturated rings. The second-order valence-electron chi connectivity index (χ2n) is 8.51. The van der Waals surface area contributed by atoms with E-state index in [4.69, 9.17) is 4.99 Å². The summed E-state index contributed by atoms with van der Waals surface area (Å²) in [7, 11) is 0.413. The van der Waals surface area contributed by atoms with Gasteiger partial charge in [-0.3, -0.25) is 4.31 Å². The summed E-state index contributed by atoms with van der Waals surface area (Å²) in [6.45, 7) is 2.62. The van der Waals surface area contributed by atoms with Gasteiger partial charge in [-0.05, 0) is 51.4 Å². The first-order valence-electron chi connectivity index (χ1n) is 11.5. The molecular weight excluding hydrogens is 460 g/mol. The second kappa shape index (κ2) is 10.3. The van der Waals surface area contributed by atoms with Gasteiger partial charge < -0.3 is 15.0 Å². The number of fused-ring (bicyclic) bond motifs is 1. The molecule has 0 aliphatic heterocycles. The van der Waals surface area contributed by atoms with Crippen molar-refractivity contribution in [1.29, 1.82) is 0 Å². The SMILES string of the molecule is CCS(=O)(=O)N(CCN(C)C)c1ccc(N=C(c2ccccc2)c2c(O)[nH]c3ccccc23)cc1. The summed E-state index contributed by atoms with van der Waals surface area (Å²) < 4.78 is 26.9. The number of aromatic hydroxyl groups is 1. The summed E-state index contributed by atoms with van der Waals surface area (Å²) in [5, 5.41) is 11.6. The summed E-state index contributed by atoms with van der Waals surface area (Å²) in [6, 6.07) is 24.5. The van der Waals surface area contributed by atoms with Gasteiger partial charge in [-0.1, -0.05) is 48.5 Å². The van der Waals surface area contributed by atoms with Crippen LogP contribution in [-0.4, -0.2) is 62.1 Å². The minimum Gasteiger partial charge on any atom is -0.494 e. The number of likely N-dealkylation sites (N-methyl/N-ethyl adjacent to an activating group) is 1. The third-order valence-corrected chi connectivity index (χ3v) is 7.59. The molecule has 4 aromatic rings. The summed E-state index contributed by atoms with van der Waals surface area (Å²) in [6.07, 6.45) is 0. The molecule has 0 amide bonds. The zero-order valence-electron chi connectivity index (χ0n) is 20.1. The Kier molecular flexibility index (Phi) is 7.23. The number of aromatic amines is 1. The maximum Gasteiger partial charge on any atom is 0.234 e. The van der Waals surface area contributed by atoms with Gasteiger partial charge in [-0.2, -0.15) is 0 Å². The number of para-hydroxylation sites is 1. The van der Waals surface area contributed by atoms with Crippen molar-refractivity contribution in [2.24, 2.45) is 4.99 Å². The molecule has 4 rings (SSSR count). The Bertz CT molecular complexity index is 1430. The van der Waals surface area contributed by atoms with Crippen LogP contribution in [0.5, 0.6) is 5.88 Å². The number of hydrogen-bond acceptors (Lipinski definition) is 5. The molecule has 1 aromatic heterocycles. The number of nitrogens with one attached hydrogen (secondary N) is 1. The average molecular weight is 491 g/mol. The van der Waals surface area contributed by atoms with E-state index in [1.54, 1.807) is 31.2 Å². The standard InChI is InChI=1S/C27H30N4O3S/c1-4-35(33,34)31(19-18-30(2)3)22-16-14-21(15-17-22)28-26(20-10-6-5-7-11-20)25-23-12-8-9-13-24(23)29-27(25)32/h5-17,29,32H,4,18-19H2,1-3H3. The largest absolute Gasteiger partial charge is 0.494 e. The van der Waals surface area contributed by atoms with Gasteiger partial charge in [0.25, 0.3) is 0 Å². The van der Waals surface area contributed by atoms with E-state index in [0.29, 0.717) is 35.7 Å². The molecule has 0 spiro atoms. The highest BCUT2D eigenvalue weighted by Gasteiger charge is 2.21. The van der Waals surface area contributed by atoms with E-state index in [2.05, 4.69) is 4.98 Å². The molecule has 0 radical (unpaired) electrons. The fourth-order valence-corrected chi connectivity index (χ4v) is 5.04. The molecule has 0 atom stereocenters. The zero-order chi connectivity index (χ0) is 25.0. The van der Waals surface area contributed by atoms with E-state index >= 15 is 0 Å². The quantitative estimate of drug-likeness (QED) is 0.331. The maximum absolute atomic E-state index is 12.7. The van der Waals surface area contributed by atoms with Crippen LogP contribution >= 0.6 is 0 Å². The molecule has 8 heteroatoms. The van der Waals surface area contributed by atoms with Crippen molar-refractivity contribution >= 4 is 38.0 Å². The van der Waals surface area contributed by atoms with Gasteiger partial charge in [0, 0.05) is 29.6 Å². The minimum absolute atomic E-state index is 0.0261.